The van der Waals surface area contributed by atoms with E-state index in [4.69, 9.17) is 5.73 Å². The fourth-order valence-corrected chi connectivity index (χ4v) is 3.28. The molecule has 17 heavy (non-hydrogen) atoms. The van der Waals surface area contributed by atoms with E-state index in [1.807, 2.05) is 5.38 Å². The van der Waals surface area contributed by atoms with Crippen molar-refractivity contribution in [3.63, 3.8) is 0 Å². The lowest BCUT2D eigenvalue weighted by molar-refractivity contribution is 0.432. The maximum Gasteiger partial charge on any atom is 0.212 e. The van der Waals surface area contributed by atoms with Crippen molar-refractivity contribution in [1.29, 1.82) is 0 Å². The Morgan fingerprint density at radius 2 is 2.29 bits per heavy atom. The topological polar surface area (TPSA) is 56.7 Å². The summed E-state index contributed by atoms with van der Waals surface area (Å²) in [5, 5.41) is 7.43. The fourth-order valence-electron chi connectivity index (χ4n) is 2.68. The molecule has 1 aliphatic rings. The third-order valence-corrected chi connectivity index (χ3v) is 4.23. The van der Waals surface area contributed by atoms with Crippen molar-refractivity contribution in [3.05, 3.63) is 22.8 Å². The van der Waals surface area contributed by atoms with Crippen molar-refractivity contribution in [2.45, 2.75) is 38.5 Å². The normalized spacial score (nSPS) is 18.0. The molecule has 1 aliphatic carbocycles. The summed E-state index contributed by atoms with van der Waals surface area (Å²) in [6, 6.07) is 0. The van der Waals surface area contributed by atoms with Gasteiger partial charge in [-0.1, -0.05) is 13.8 Å². The number of aryl methyl sites for hydroxylation is 1. The van der Waals surface area contributed by atoms with Crippen molar-refractivity contribution in [1.82, 2.24) is 14.8 Å². The van der Waals surface area contributed by atoms with Crippen LogP contribution in [0.25, 0.3) is 5.13 Å². The summed E-state index contributed by atoms with van der Waals surface area (Å²) in [4.78, 5) is 4.28. The molecule has 0 bridgehead atoms. The van der Waals surface area contributed by atoms with Gasteiger partial charge >= 0.3 is 0 Å². The van der Waals surface area contributed by atoms with E-state index in [9.17, 15) is 0 Å². The maximum atomic E-state index is 6.26. The van der Waals surface area contributed by atoms with Gasteiger partial charge in [0.1, 0.15) is 5.82 Å². The number of nitrogen functional groups attached to an aromatic ring is 1. The molecule has 2 N–H and O–H groups in total. The highest BCUT2D eigenvalue weighted by Crippen LogP contribution is 2.40. The number of nitrogens with two attached hydrogens (primary N) is 1. The van der Waals surface area contributed by atoms with Gasteiger partial charge in [-0.05, 0) is 24.7 Å². The molecule has 5 heteroatoms. The second-order valence-corrected chi connectivity index (χ2v) is 6.04. The highest BCUT2D eigenvalue weighted by Gasteiger charge is 2.33. The van der Waals surface area contributed by atoms with Gasteiger partial charge in [0.25, 0.3) is 0 Å². The Labute approximate surface area is 104 Å². The summed E-state index contributed by atoms with van der Waals surface area (Å²) in [5.41, 5.74) is 8.76. The van der Waals surface area contributed by atoms with Crippen molar-refractivity contribution < 1.29 is 0 Å². The number of aromatic nitrogens is 3. The van der Waals surface area contributed by atoms with Crippen molar-refractivity contribution in [3.8, 4) is 5.13 Å². The van der Waals surface area contributed by atoms with Crippen LogP contribution in [0.4, 0.5) is 5.82 Å². The van der Waals surface area contributed by atoms with Crippen LogP contribution in [0.2, 0.25) is 0 Å². The second kappa shape index (κ2) is 3.57. The minimum absolute atomic E-state index is 0.132. The van der Waals surface area contributed by atoms with E-state index < -0.39 is 0 Å². The van der Waals surface area contributed by atoms with Gasteiger partial charge in [0.2, 0.25) is 5.13 Å². The van der Waals surface area contributed by atoms with Gasteiger partial charge in [-0.2, -0.15) is 9.78 Å². The maximum absolute atomic E-state index is 6.26. The van der Waals surface area contributed by atoms with E-state index in [1.165, 1.54) is 18.4 Å². The zero-order chi connectivity index (χ0) is 12.0. The zero-order valence-corrected chi connectivity index (χ0v) is 10.9. The quantitative estimate of drug-likeness (QED) is 0.843. The lowest BCUT2D eigenvalue weighted by Crippen LogP contribution is -2.24. The number of hydrogen-bond acceptors (Lipinski definition) is 4. The van der Waals surface area contributed by atoms with Gasteiger partial charge in [0.15, 0.2) is 0 Å². The Hall–Kier alpha value is -1.36. The summed E-state index contributed by atoms with van der Waals surface area (Å²) >= 11 is 1.56. The third kappa shape index (κ3) is 1.57. The molecule has 0 fully saturated rings. The Morgan fingerprint density at radius 1 is 1.47 bits per heavy atom. The molecular weight excluding hydrogens is 232 g/mol. The SMILES string of the molecule is CC1(C)CCCc2nn(-c3nccs3)c(N)c21. The first kappa shape index (κ1) is 10.8. The average molecular weight is 248 g/mol. The number of anilines is 1. The van der Waals surface area contributed by atoms with Crippen LogP contribution >= 0.6 is 11.3 Å². The summed E-state index contributed by atoms with van der Waals surface area (Å²) in [6.45, 7) is 4.49. The van der Waals surface area contributed by atoms with Gasteiger partial charge < -0.3 is 5.73 Å². The molecule has 90 valence electrons. The molecule has 0 atom stereocenters. The van der Waals surface area contributed by atoms with Crippen molar-refractivity contribution in [2.24, 2.45) is 0 Å². The molecule has 0 saturated carbocycles. The Bertz CT molecular complexity index is 539. The summed E-state index contributed by atoms with van der Waals surface area (Å²) in [7, 11) is 0. The molecule has 2 aromatic rings. The van der Waals surface area contributed by atoms with Crippen LogP contribution in [0, 0.1) is 0 Å². The van der Waals surface area contributed by atoms with Gasteiger partial charge in [0, 0.05) is 17.1 Å². The first-order chi connectivity index (χ1) is 8.09. The smallest absolute Gasteiger partial charge is 0.212 e. The van der Waals surface area contributed by atoms with Gasteiger partial charge in [0.05, 0.1) is 5.69 Å². The van der Waals surface area contributed by atoms with Crippen molar-refractivity contribution >= 4 is 17.2 Å². The summed E-state index contributed by atoms with van der Waals surface area (Å²) in [5.74, 6) is 0.764. The predicted molar refractivity (Wildman–Crippen MR) is 69.6 cm³/mol. The molecule has 0 aromatic carbocycles. The minimum Gasteiger partial charge on any atom is -0.383 e. The van der Waals surface area contributed by atoms with Gasteiger partial charge in [-0.25, -0.2) is 4.98 Å². The van der Waals surface area contributed by atoms with Gasteiger partial charge in [-0.15, -0.1) is 11.3 Å². The summed E-state index contributed by atoms with van der Waals surface area (Å²) in [6.07, 6.45) is 5.18. The van der Waals surface area contributed by atoms with E-state index in [0.717, 1.165) is 23.1 Å². The molecule has 2 aromatic heterocycles. The Morgan fingerprint density at radius 3 is 2.94 bits per heavy atom. The molecule has 4 nitrogen and oxygen atoms in total. The highest BCUT2D eigenvalue weighted by atomic mass is 32.1. The highest BCUT2D eigenvalue weighted by molar-refractivity contribution is 7.12. The molecule has 0 radical (unpaired) electrons. The number of nitrogens with zero attached hydrogens (tertiary/aromatic N) is 3. The first-order valence-corrected chi connectivity index (χ1v) is 6.75. The molecule has 0 saturated heterocycles. The number of fused-ring (bicyclic) bond motifs is 1. The lowest BCUT2D eigenvalue weighted by atomic mass is 9.75. The van der Waals surface area contributed by atoms with Crippen LogP contribution in [-0.4, -0.2) is 14.8 Å². The van der Waals surface area contributed by atoms with Crippen LogP contribution in [0.15, 0.2) is 11.6 Å². The van der Waals surface area contributed by atoms with E-state index >= 15 is 0 Å². The molecule has 0 amide bonds. The lowest BCUT2D eigenvalue weighted by Gasteiger charge is -2.29. The molecule has 0 spiro atoms. The van der Waals surface area contributed by atoms with Crippen LogP contribution < -0.4 is 5.73 Å². The standard InChI is InChI=1S/C12H16N4S/c1-12(2)5-3-4-8-9(12)10(13)16(15-8)11-14-6-7-17-11/h6-7H,3-5,13H2,1-2H3. The molecule has 0 aliphatic heterocycles. The van der Waals surface area contributed by atoms with Crippen LogP contribution in [0.5, 0.6) is 0 Å². The van der Waals surface area contributed by atoms with E-state index in [1.54, 1.807) is 22.2 Å². The summed E-state index contributed by atoms with van der Waals surface area (Å²) < 4.78 is 1.79. The molecule has 3 rings (SSSR count). The van der Waals surface area contributed by atoms with Crippen LogP contribution in [0.3, 0.4) is 0 Å². The average Bonchev–Trinajstić information content (AvgIpc) is 2.85. The van der Waals surface area contributed by atoms with Crippen LogP contribution in [0.1, 0.15) is 37.9 Å². The Balaban J connectivity index is 2.19. The van der Waals surface area contributed by atoms with Crippen molar-refractivity contribution in [2.75, 3.05) is 5.73 Å². The molecule has 0 unspecified atom stereocenters. The second-order valence-electron chi connectivity index (χ2n) is 5.17. The van der Waals surface area contributed by atoms with Crippen LogP contribution in [-0.2, 0) is 11.8 Å². The monoisotopic (exact) mass is 248 g/mol. The predicted octanol–water partition coefficient (Wildman–Crippen LogP) is 2.52. The van der Waals surface area contributed by atoms with E-state index in [0.29, 0.717) is 0 Å². The number of thiazole rings is 1. The van der Waals surface area contributed by atoms with E-state index in [-0.39, 0.29) is 5.41 Å². The first-order valence-electron chi connectivity index (χ1n) is 5.87. The Kier molecular flexibility index (Phi) is 2.26. The number of hydrogen-bond donors (Lipinski definition) is 1. The fraction of sp³-hybridized carbons (Fsp3) is 0.500. The van der Waals surface area contributed by atoms with E-state index in [2.05, 4.69) is 23.9 Å². The minimum atomic E-state index is 0.132. The third-order valence-electron chi connectivity index (χ3n) is 3.49. The largest absolute Gasteiger partial charge is 0.383 e. The number of rotatable bonds is 1. The molecule has 2 heterocycles. The van der Waals surface area contributed by atoms with Gasteiger partial charge in [-0.3, -0.25) is 0 Å². The zero-order valence-electron chi connectivity index (χ0n) is 10.1. The molecular formula is C12H16N4S.